The van der Waals surface area contributed by atoms with Crippen molar-refractivity contribution in [3.63, 3.8) is 0 Å². The van der Waals surface area contributed by atoms with Crippen LogP contribution in [0.4, 0.5) is 4.79 Å². The molecular formula is C22H31N3O6. The number of benzene rings is 1. The van der Waals surface area contributed by atoms with Gasteiger partial charge in [-0.15, -0.1) is 0 Å². The fourth-order valence-corrected chi connectivity index (χ4v) is 3.10. The first-order chi connectivity index (χ1) is 14.5. The Balaban J connectivity index is 2.24. The van der Waals surface area contributed by atoms with E-state index < -0.39 is 35.5 Å². The van der Waals surface area contributed by atoms with Crippen LogP contribution < -0.4 is 10.6 Å². The number of hydrogen-bond acceptors (Lipinski definition) is 6. The van der Waals surface area contributed by atoms with Gasteiger partial charge in [0.2, 0.25) is 11.8 Å². The lowest BCUT2D eigenvalue weighted by Crippen LogP contribution is -2.49. The van der Waals surface area contributed by atoms with Crippen molar-refractivity contribution in [1.29, 1.82) is 0 Å². The Labute approximate surface area is 182 Å². The summed E-state index contributed by atoms with van der Waals surface area (Å²) in [6, 6.07) is 6.20. The van der Waals surface area contributed by atoms with Gasteiger partial charge in [0.1, 0.15) is 24.7 Å². The third kappa shape index (κ3) is 7.27. The summed E-state index contributed by atoms with van der Waals surface area (Å²) in [7, 11) is 1.23. The molecule has 3 amide bonds. The van der Waals surface area contributed by atoms with Crippen LogP contribution in [-0.2, 0) is 23.9 Å². The summed E-state index contributed by atoms with van der Waals surface area (Å²) in [4.78, 5) is 51.2. The van der Waals surface area contributed by atoms with Gasteiger partial charge in [-0.2, -0.15) is 0 Å². The highest BCUT2D eigenvalue weighted by molar-refractivity contribution is 5.92. The Morgan fingerprint density at radius 1 is 1.10 bits per heavy atom. The van der Waals surface area contributed by atoms with Crippen LogP contribution in [0.25, 0.3) is 0 Å². The molecule has 2 rings (SSSR count). The maximum Gasteiger partial charge on any atom is 0.408 e. The van der Waals surface area contributed by atoms with Gasteiger partial charge in [0, 0.05) is 6.04 Å². The number of esters is 1. The van der Waals surface area contributed by atoms with E-state index in [1.165, 1.54) is 12.0 Å². The van der Waals surface area contributed by atoms with Crippen molar-refractivity contribution in [2.75, 3.05) is 20.2 Å². The highest BCUT2D eigenvalue weighted by atomic mass is 16.6. The Morgan fingerprint density at radius 3 is 2.29 bits per heavy atom. The summed E-state index contributed by atoms with van der Waals surface area (Å²) in [5.74, 6) is -1.49. The number of carbonyl (C=O) groups is 4. The molecule has 1 fully saturated rings. The maximum atomic E-state index is 13.1. The Kier molecular flexibility index (Phi) is 8.01. The number of ether oxygens (including phenoxy) is 2. The van der Waals surface area contributed by atoms with Gasteiger partial charge in [-0.05, 0) is 51.7 Å². The molecule has 0 heterocycles. The van der Waals surface area contributed by atoms with Gasteiger partial charge in [-0.3, -0.25) is 14.4 Å². The van der Waals surface area contributed by atoms with Crippen LogP contribution in [0, 0.1) is 6.92 Å². The first-order valence-corrected chi connectivity index (χ1v) is 10.2. The zero-order valence-corrected chi connectivity index (χ0v) is 18.7. The molecule has 0 aliphatic heterocycles. The number of amides is 3. The largest absolute Gasteiger partial charge is 0.468 e. The fourth-order valence-electron chi connectivity index (χ4n) is 3.10. The van der Waals surface area contributed by atoms with Crippen molar-refractivity contribution in [2.24, 2.45) is 0 Å². The van der Waals surface area contributed by atoms with Crippen molar-refractivity contribution >= 4 is 23.9 Å². The third-order valence-electron chi connectivity index (χ3n) is 4.66. The lowest BCUT2D eigenvalue weighted by Gasteiger charge is -2.32. The molecule has 0 aromatic heterocycles. The molecule has 31 heavy (non-hydrogen) atoms. The average Bonchev–Trinajstić information content (AvgIpc) is 3.52. The molecule has 170 valence electrons. The van der Waals surface area contributed by atoms with Gasteiger partial charge in [0.15, 0.2) is 0 Å². The van der Waals surface area contributed by atoms with E-state index in [0.717, 1.165) is 18.4 Å². The smallest absolute Gasteiger partial charge is 0.408 e. The number of alkyl carbamates (subject to hydrolysis) is 1. The summed E-state index contributed by atoms with van der Waals surface area (Å²) in [5.41, 5.74) is 0.794. The lowest BCUT2D eigenvalue weighted by atomic mass is 9.98. The first-order valence-electron chi connectivity index (χ1n) is 10.2. The second-order valence-corrected chi connectivity index (χ2v) is 8.44. The minimum Gasteiger partial charge on any atom is -0.468 e. The molecule has 0 spiro atoms. The van der Waals surface area contributed by atoms with E-state index in [9.17, 15) is 19.2 Å². The minimum atomic E-state index is -0.939. The van der Waals surface area contributed by atoms with Gasteiger partial charge < -0.3 is 25.0 Å². The van der Waals surface area contributed by atoms with E-state index in [2.05, 4.69) is 15.4 Å². The predicted molar refractivity (Wildman–Crippen MR) is 113 cm³/mol. The molecular weight excluding hydrogens is 402 g/mol. The highest BCUT2D eigenvalue weighted by Gasteiger charge is 2.41. The Hall–Kier alpha value is -3.10. The molecule has 1 aliphatic rings. The maximum absolute atomic E-state index is 13.1. The lowest BCUT2D eigenvalue weighted by molar-refractivity contribution is -0.144. The number of rotatable bonds is 8. The molecule has 1 saturated carbocycles. The van der Waals surface area contributed by atoms with Crippen LogP contribution in [0.2, 0.25) is 0 Å². The molecule has 1 aromatic rings. The zero-order chi connectivity index (χ0) is 23.2. The van der Waals surface area contributed by atoms with Crippen molar-refractivity contribution < 1.29 is 28.7 Å². The highest BCUT2D eigenvalue weighted by Crippen LogP contribution is 2.35. The molecule has 0 radical (unpaired) electrons. The minimum absolute atomic E-state index is 0.124. The molecule has 1 atom stereocenters. The summed E-state index contributed by atoms with van der Waals surface area (Å²) < 4.78 is 9.77. The number of nitrogens with zero attached hydrogens (tertiary/aromatic N) is 1. The van der Waals surface area contributed by atoms with Gasteiger partial charge in [0.05, 0.1) is 7.11 Å². The molecule has 1 aromatic carbocycles. The second-order valence-electron chi connectivity index (χ2n) is 8.44. The van der Waals surface area contributed by atoms with Crippen LogP contribution in [0.15, 0.2) is 24.3 Å². The Bertz CT molecular complexity index is 829. The van der Waals surface area contributed by atoms with Crippen LogP contribution in [0.3, 0.4) is 0 Å². The number of methoxy groups -OCH3 is 1. The number of carbonyl (C=O) groups excluding carboxylic acids is 4. The molecule has 0 saturated heterocycles. The summed E-state index contributed by atoms with van der Waals surface area (Å²) in [5, 5.41) is 5.02. The van der Waals surface area contributed by atoms with Crippen LogP contribution in [-0.4, -0.2) is 60.6 Å². The number of aryl methyl sites for hydroxylation is 1. The zero-order valence-electron chi connectivity index (χ0n) is 18.7. The summed E-state index contributed by atoms with van der Waals surface area (Å²) in [6.45, 7) is 6.42. The fraction of sp³-hybridized carbons (Fsp3) is 0.545. The van der Waals surface area contributed by atoms with Crippen LogP contribution >= 0.6 is 0 Å². The second kappa shape index (κ2) is 10.3. The third-order valence-corrected chi connectivity index (χ3v) is 4.66. The van der Waals surface area contributed by atoms with E-state index in [0.29, 0.717) is 5.56 Å². The van der Waals surface area contributed by atoms with E-state index in [1.54, 1.807) is 32.9 Å². The number of hydrogen-bond donors (Lipinski definition) is 2. The van der Waals surface area contributed by atoms with Crippen molar-refractivity contribution in [3.05, 3.63) is 35.4 Å². The average molecular weight is 434 g/mol. The topological polar surface area (TPSA) is 114 Å². The van der Waals surface area contributed by atoms with E-state index in [4.69, 9.17) is 4.74 Å². The molecule has 9 heteroatoms. The van der Waals surface area contributed by atoms with Gasteiger partial charge >= 0.3 is 12.1 Å². The van der Waals surface area contributed by atoms with Crippen molar-refractivity contribution in [1.82, 2.24) is 15.5 Å². The molecule has 2 N–H and O–H groups in total. The molecule has 1 unspecified atom stereocenters. The normalized spacial score (nSPS) is 14.2. The summed E-state index contributed by atoms with van der Waals surface area (Å²) in [6.07, 6.45) is 0.801. The van der Waals surface area contributed by atoms with E-state index in [-0.39, 0.29) is 19.1 Å². The van der Waals surface area contributed by atoms with E-state index in [1.807, 2.05) is 19.1 Å². The predicted octanol–water partition coefficient (Wildman–Crippen LogP) is 1.84. The van der Waals surface area contributed by atoms with Crippen LogP contribution in [0.5, 0.6) is 0 Å². The van der Waals surface area contributed by atoms with Crippen LogP contribution in [0.1, 0.15) is 50.8 Å². The van der Waals surface area contributed by atoms with Crippen molar-refractivity contribution in [3.8, 4) is 0 Å². The van der Waals surface area contributed by atoms with Gasteiger partial charge in [-0.25, -0.2) is 4.79 Å². The first kappa shape index (κ1) is 24.2. The number of nitrogens with one attached hydrogen (secondary N) is 2. The monoisotopic (exact) mass is 433 g/mol. The van der Waals surface area contributed by atoms with E-state index >= 15 is 0 Å². The quantitative estimate of drug-likeness (QED) is 0.605. The SMILES string of the molecule is COC(=O)CNC(=O)C(c1ccccc1C)N(C(=O)CNC(=O)OC(C)(C)C)C1CC1. The van der Waals surface area contributed by atoms with Gasteiger partial charge in [-0.1, -0.05) is 24.3 Å². The van der Waals surface area contributed by atoms with Gasteiger partial charge in [0.25, 0.3) is 0 Å². The van der Waals surface area contributed by atoms with Crippen molar-refractivity contribution in [2.45, 2.75) is 58.2 Å². The molecule has 9 nitrogen and oxygen atoms in total. The Morgan fingerprint density at radius 2 is 1.74 bits per heavy atom. The summed E-state index contributed by atoms with van der Waals surface area (Å²) >= 11 is 0. The molecule has 0 bridgehead atoms. The molecule has 1 aliphatic carbocycles. The standard InChI is InChI=1S/C22H31N3O6/c1-14-8-6-7-9-16(14)19(20(28)23-13-18(27)30-5)25(15-10-11-15)17(26)12-24-21(29)31-22(2,3)4/h6-9,15,19H,10-13H2,1-5H3,(H,23,28)(H,24,29).